The van der Waals surface area contributed by atoms with Crippen LogP contribution in [0.1, 0.15) is 5.56 Å². The van der Waals surface area contributed by atoms with Gasteiger partial charge in [0.2, 0.25) is 5.95 Å². The number of anilines is 1. The van der Waals surface area contributed by atoms with Gasteiger partial charge >= 0.3 is 0 Å². The first-order valence-corrected chi connectivity index (χ1v) is 9.20. The van der Waals surface area contributed by atoms with Crippen LogP contribution in [0.25, 0.3) is 28.5 Å². The van der Waals surface area contributed by atoms with Crippen molar-refractivity contribution >= 4 is 12.0 Å². The molecule has 4 rings (SSSR count). The number of halogens is 1. The van der Waals surface area contributed by atoms with Crippen molar-refractivity contribution in [3.8, 4) is 22.4 Å². The molecule has 0 aliphatic heterocycles. The van der Waals surface area contributed by atoms with Crippen LogP contribution in [-0.2, 0) is 0 Å². The summed E-state index contributed by atoms with van der Waals surface area (Å²) in [5, 5.41) is 0. The number of aromatic nitrogens is 3. The third-order valence-electron chi connectivity index (χ3n) is 4.49. The van der Waals surface area contributed by atoms with Crippen LogP contribution < -0.4 is 4.90 Å². The highest BCUT2D eigenvalue weighted by Gasteiger charge is 2.13. The molecule has 0 N–H and O–H groups in total. The number of hydrogen-bond acceptors (Lipinski definition) is 4. The largest absolute Gasteiger partial charge is 0.320 e. The van der Waals surface area contributed by atoms with E-state index < -0.39 is 0 Å². The first kappa shape index (κ1) is 18.5. The van der Waals surface area contributed by atoms with E-state index in [1.165, 1.54) is 12.1 Å². The molecule has 0 radical (unpaired) electrons. The average Bonchev–Trinajstić information content (AvgIpc) is 2.79. The molecule has 0 atom stereocenters. The first-order valence-electron chi connectivity index (χ1n) is 9.20. The van der Waals surface area contributed by atoms with E-state index in [0.29, 0.717) is 5.95 Å². The summed E-state index contributed by atoms with van der Waals surface area (Å²) in [6.45, 7) is 0. The van der Waals surface area contributed by atoms with Crippen molar-refractivity contribution in [3.05, 3.63) is 103 Å². The smallest absolute Gasteiger partial charge is 0.229 e. The maximum Gasteiger partial charge on any atom is 0.229 e. The molecule has 2 aromatic carbocycles. The van der Waals surface area contributed by atoms with E-state index in [1.807, 2.05) is 66.7 Å². The Labute approximate surface area is 169 Å². The quantitative estimate of drug-likeness (QED) is 0.460. The molecule has 0 saturated heterocycles. The number of hydrogen-bond donors (Lipinski definition) is 0. The fourth-order valence-corrected chi connectivity index (χ4v) is 2.94. The molecule has 0 spiro atoms. The number of pyridine rings is 1. The summed E-state index contributed by atoms with van der Waals surface area (Å²) < 4.78 is 13.4. The molecule has 0 saturated carbocycles. The van der Waals surface area contributed by atoms with Gasteiger partial charge in [0, 0.05) is 43.0 Å². The molecule has 29 heavy (non-hydrogen) atoms. The van der Waals surface area contributed by atoms with Crippen LogP contribution >= 0.6 is 0 Å². The van der Waals surface area contributed by atoms with Crippen LogP contribution in [-0.4, -0.2) is 22.0 Å². The molecule has 2 heterocycles. The molecule has 0 unspecified atom stereocenters. The molecule has 4 aromatic rings. The summed E-state index contributed by atoms with van der Waals surface area (Å²) in [6, 6.07) is 20.2. The summed E-state index contributed by atoms with van der Waals surface area (Å²) in [4.78, 5) is 15.3. The Bertz CT molecular complexity index is 1110. The van der Waals surface area contributed by atoms with Crippen LogP contribution in [0.4, 0.5) is 10.3 Å². The minimum absolute atomic E-state index is 0.275. The molecule has 5 heteroatoms. The van der Waals surface area contributed by atoms with Crippen molar-refractivity contribution in [3.63, 3.8) is 0 Å². The second-order valence-electron chi connectivity index (χ2n) is 6.51. The number of benzene rings is 2. The van der Waals surface area contributed by atoms with E-state index >= 15 is 0 Å². The highest BCUT2D eigenvalue weighted by atomic mass is 19.1. The van der Waals surface area contributed by atoms with Gasteiger partial charge in [-0.2, -0.15) is 0 Å². The zero-order valence-corrected chi connectivity index (χ0v) is 15.9. The fourth-order valence-electron chi connectivity index (χ4n) is 2.94. The lowest BCUT2D eigenvalue weighted by Crippen LogP contribution is -2.12. The summed E-state index contributed by atoms with van der Waals surface area (Å²) in [5.41, 5.74) is 4.47. The van der Waals surface area contributed by atoms with Gasteiger partial charge in [-0.3, -0.25) is 4.98 Å². The van der Waals surface area contributed by atoms with Crippen molar-refractivity contribution in [2.24, 2.45) is 0 Å². The van der Waals surface area contributed by atoms with Crippen LogP contribution in [0.3, 0.4) is 0 Å². The van der Waals surface area contributed by atoms with Crippen molar-refractivity contribution in [1.29, 1.82) is 0 Å². The predicted octanol–water partition coefficient (Wildman–Crippen LogP) is 5.45. The Morgan fingerprint density at radius 1 is 0.862 bits per heavy atom. The Morgan fingerprint density at radius 2 is 1.59 bits per heavy atom. The Kier molecular flexibility index (Phi) is 5.38. The van der Waals surface area contributed by atoms with Gasteiger partial charge in [-0.05, 0) is 41.5 Å². The monoisotopic (exact) mass is 382 g/mol. The van der Waals surface area contributed by atoms with E-state index in [1.54, 1.807) is 30.7 Å². The van der Waals surface area contributed by atoms with Gasteiger partial charge in [-0.25, -0.2) is 14.4 Å². The lowest BCUT2D eigenvalue weighted by molar-refractivity contribution is 0.628. The van der Waals surface area contributed by atoms with E-state index in [4.69, 9.17) is 4.98 Å². The summed E-state index contributed by atoms with van der Waals surface area (Å²) in [5.74, 6) is 0.289. The van der Waals surface area contributed by atoms with Crippen molar-refractivity contribution in [1.82, 2.24) is 15.0 Å². The molecule has 0 amide bonds. The minimum atomic E-state index is -0.275. The number of nitrogens with zero attached hydrogens (tertiary/aromatic N) is 4. The third kappa shape index (κ3) is 4.35. The molecule has 0 fully saturated rings. The van der Waals surface area contributed by atoms with Gasteiger partial charge in [0.05, 0.1) is 5.69 Å². The average molecular weight is 382 g/mol. The topological polar surface area (TPSA) is 41.9 Å². The standard InChI is InChI=1S/C24H19FN4/c1-29(16-13-18-5-3-2-4-6-18)24-27-17-22(19-7-9-21(25)10-8-19)23(28-24)20-11-14-26-15-12-20/h2-17H,1H3. The third-order valence-corrected chi connectivity index (χ3v) is 4.49. The van der Waals surface area contributed by atoms with Crippen LogP contribution in [0, 0.1) is 5.82 Å². The van der Waals surface area contributed by atoms with E-state index in [9.17, 15) is 4.39 Å². The van der Waals surface area contributed by atoms with Crippen LogP contribution in [0.2, 0.25) is 0 Å². The molecular weight excluding hydrogens is 363 g/mol. The second-order valence-corrected chi connectivity index (χ2v) is 6.51. The summed E-state index contributed by atoms with van der Waals surface area (Å²) in [7, 11) is 1.91. The molecule has 0 aliphatic rings. The first-order chi connectivity index (χ1) is 14.2. The maximum atomic E-state index is 13.4. The zero-order chi connectivity index (χ0) is 20.1. The fraction of sp³-hybridized carbons (Fsp3) is 0.0417. The second kappa shape index (κ2) is 8.44. The van der Waals surface area contributed by atoms with Gasteiger partial charge in [-0.1, -0.05) is 42.5 Å². The highest BCUT2D eigenvalue weighted by molar-refractivity contribution is 5.80. The van der Waals surface area contributed by atoms with E-state index in [2.05, 4.69) is 9.97 Å². The maximum absolute atomic E-state index is 13.4. The van der Waals surface area contributed by atoms with E-state index in [-0.39, 0.29) is 5.82 Å². The molecule has 0 bridgehead atoms. The highest BCUT2D eigenvalue weighted by Crippen LogP contribution is 2.31. The van der Waals surface area contributed by atoms with Crippen molar-refractivity contribution < 1.29 is 4.39 Å². The molecule has 2 aromatic heterocycles. The SMILES string of the molecule is CN(C=Cc1ccccc1)c1ncc(-c2ccc(F)cc2)c(-c2ccncc2)n1. The lowest BCUT2D eigenvalue weighted by Gasteiger charge is -2.16. The zero-order valence-electron chi connectivity index (χ0n) is 15.9. The molecule has 4 nitrogen and oxygen atoms in total. The Morgan fingerprint density at radius 3 is 2.31 bits per heavy atom. The van der Waals surface area contributed by atoms with E-state index in [0.717, 1.165) is 27.9 Å². The normalized spacial score (nSPS) is 11.0. The summed E-state index contributed by atoms with van der Waals surface area (Å²) in [6.07, 6.45) is 9.16. The van der Waals surface area contributed by atoms with Gasteiger partial charge in [-0.15, -0.1) is 0 Å². The Hall–Kier alpha value is -3.86. The summed E-state index contributed by atoms with van der Waals surface area (Å²) >= 11 is 0. The minimum Gasteiger partial charge on any atom is -0.320 e. The van der Waals surface area contributed by atoms with Gasteiger partial charge in [0.15, 0.2) is 0 Å². The number of rotatable bonds is 5. The Balaban J connectivity index is 1.73. The van der Waals surface area contributed by atoms with Gasteiger partial charge in [0.25, 0.3) is 0 Å². The van der Waals surface area contributed by atoms with Gasteiger partial charge in [0.1, 0.15) is 5.82 Å². The predicted molar refractivity (Wildman–Crippen MR) is 115 cm³/mol. The molecular formula is C24H19FN4. The lowest BCUT2D eigenvalue weighted by atomic mass is 10.0. The van der Waals surface area contributed by atoms with Crippen molar-refractivity contribution in [2.45, 2.75) is 0 Å². The van der Waals surface area contributed by atoms with Crippen LogP contribution in [0.15, 0.2) is 91.5 Å². The molecule has 0 aliphatic carbocycles. The van der Waals surface area contributed by atoms with Gasteiger partial charge < -0.3 is 4.90 Å². The van der Waals surface area contributed by atoms with Crippen LogP contribution in [0.5, 0.6) is 0 Å². The molecule has 142 valence electrons. The van der Waals surface area contributed by atoms with Crippen molar-refractivity contribution in [2.75, 3.05) is 11.9 Å².